The highest BCUT2D eigenvalue weighted by molar-refractivity contribution is 6.30. The number of anilines is 8. The molecule has 6 aliphatic rings. The molecule has 0 bridgehead atoms. The number of carbonyl (C=O) groups excluding carboxylic acids is 5. The van der Waals surface area contributed by atoms with Crippen LogP contribution in [0, 0.1) is 0 Å². The Kier molecular flexibility index (Phi) is 31.1. The number of amides is 5. The van der Waals surface area contributed by atoms with Gasteiger partial charge in [0.1, 0.15) is 93.5 Å². The smallest absolute Gasteiger partial charge is 0.415 e. The molecule has 0 radical (unpaired) electrons. The number of nitrogens with two attached hydrogens (primary N) is 1. The monoisotopic (exact) mass is 1770 g/mol. The van der Waals surface area contributed by atoms with Crippen molar-refractivity contribution in [3.8, 4) is 0 Å². The van der Waals surface area contributed by atoms with Gasteiger partial charge in [0.15, 0.2) is 16.9 Å². The molecule has 9 aromatic heterocycles. The van der Waals surface area contributed by atoms with E-state index in [-0.39, 0.29) is 159 Å². The first-order valence-corrected chi connectivity index (χ1v) is 41.4. The predicted molar refractivity (Wildman–Crippen MR) is 465 cm³/mol. The quantitative estimate of drug-likeness (QED) is 0.0263. The molecule has 672 valence electrons. The van der Waals surface area contributed by atoms with Gasteiger partial charge in [-0.2, -0.15) is 28.8 Å². The molecular formula is C82H111Cl2F3N24O13. The molecule has 3 saturated carbocycles. The van der Waals surface area contributed by atoms with Crippen molar-refractivity contribution in [2.45, 2.75) is 165 Å². The number of nitrogen functional groups attached to an aromatic ring is 1. The summed E-state index contributed by atoms with van der Waals surface area (Å²) in [5, 5.41) is 31.2. The summed E-state index contributed by atoms with van der Waals surface area (Å²) in [5.41, 5.74) is 6.09. The highest BCUT2D eigenvalue weighted by atomic mass is 35.5. The van der Waals surface area contributed by atoms with Crippen molar-refractivity contribution in [1.29, 1.82) is 0 Å². The van der Waals surface area contributed by atoms with Crippen molar-refractivity contribution in [2.24, 2.45) is 0 Å². The van der Waals surface area contributed by atoms with Crippen LogP contribution in [0.25, 0.3) is 16.9 Å². The molecule has 37 nitrogen and oxygen atoms in total. The minimum atomic E-state index is -0.746. The summed E-state index contributed by atoms with van der Waals surface area (Å²) in [6, 6.07) is 14.9. The second-order valence-corrected chi connectivity index (χ2v) is 33.3. The van der Waals surface area contributed by atoms with Gasteiger partial charge < -0.3 is 75.0 Å². The molecule has 9 aromatic rings. The molecule has 12 heterocycles. The van der Waals surface area contributed by atoms with Crippen LogP contribution in [0.5, 0.6) is 0 Å². The second-order valence-electron chi connectivity index (χ2n) is 33.0. The number of rotatable bonds is 25. The Morgan fingerprint density at radius 2 is 0.863 bits per heavy atom. The highest BCUT2D eigenvalue weighted by Crippen LogP contribution is 2.33. The molecule has 3 aliphatic heterocycles. The molecule has 9 atom stereocenters. The van der Waals surface area contributed by atoms with Crippen LogP contribution in [-0.2, 0) is 23.7 Å². The van der Waals surface area contributed by atoms with Gasteiger partial charge >= 0.3 is 12.2 Å². The molecule has 3 saturated heterocycles. The van der Waals surface area contributed by atoms with E-state index in [1.807, 2.05) is 20.8 Å². The van der Waals surface area contributed by atoms with Crippen LogP contribution in [0.1, 0.15) is 149 Å². The van der Waals surface area contributed by atoms with Gasteiger partial charge in [-0.3, -0.25) is 53.3 Å². The van der Waals surface area contributed by atoms with Crippen molar-refractivity contribution in [3.05, 3.63) is 145 Å². The molecule has 3 unspecified atom stereocenters. The molecule has 6 fully saturated rings. The van der Waals surface area contributed by atoms with Gasteiger partial charge in [-0.15, -0.1) is 12.4 Å². The highest BCUT2D eigenvalue weighted by Gasteiger charge is 2.38. The van der Waals surface area contributed by atoms with Crippen LogP contribution in [-0.4, -0.2) is 271 Å². The molecule has 124 heavy (non-hydrogen) atoms. The average molecular weight is 1770 g/mol. The summed E-state index contributed by atoms with van der Waals surface area (Å²) in [4.78, 5) is 125. The number of ether oxygens (including phenoxy) is 5. The maximum Gasteiger partial charge on any atom is 0.415 e. The normalized spacial score (nSPS) is 20.6. The Morgan fingerprint density at radius 3 is 1.23 bits per heavy atom. The number of carbonyl (C=O) groups is 5. The minimum Gasteiger partial charge on any atom is -0.443 e. The number of aromatic nitrogens is 12. The zero-order chi connectivity index (χ0) is 88.3. The predicted octanol–water partition coefficient (Wildman–Crippen LogP) is 8.66. The number of alkyl halides is 3. The van der Waals surface area contributed by atoms with Gasteiger partial charge in [0.25, 0.3) is 34.4 Å². The summed E-state index contributed by atoms with van der Waals surface area (Å²) >= 11 is 6.15. The lowest BCUT2D eigenvalue weighted by atomic mass is 9.89. The Hall–Kier alpha value is -11.0. The largest absolute Gasteiger partial charge is 0.443 e. The van der Waals surface area contributed by atoms with E-state index in [1.54, 1.807) is 149 Å². The van der Waals surface area contributed by atoms with E-state index in [0.29, 0.717) is 67.1 Å². The lowest BCUT2D eigenvalue weighted by Crippen LogP contribution is -2.51. The maximum absolute atomic E-state index is 13.5. The van der Waals surface area contributed by atoms with Gasteiger partial charge in [-0.1, -0.05) is 11.6 Å². The average Bonchev–Trinajstić information content (AvgIpc) is 1.62. The number of fused-ring (bicyclic) bond motifs is 3. The first-order valence-electron chi connectivity index (χ1n) is 41.1. The van der Waals surface area contributed by atoms with Crippen molar-refractivity contribution < 1.29 is 60.8 Å². The molecule has 5 amide bonds. The van der Waals surface area contributed by atoms with E-state index in [1.165, 1.54) is 57.6 Å². The van der Waals surface area contributed by atoms with Crippen molar-refractivity contribution in [1.82, 2.24) is 88.1 Å². The van der Waals surface area contributed by atoms with E-state index < -0.39 is 36.7 Å². The molecule has 8 N–H and O–H groups in total. The first-order chi connectivity index (χ1) is 58.8. The van der Waals surface area contributed by atoms with E-state index in [0.717, 1.165) is 84.0 Å². The zero-order valence-corrected chi connectivity index (χ0v) is 73.2. The molecular weight excluding hydrogens is 1660 g/mol. The van der Waals surface area contributed by atoms with Gasteiger partial charge in [0, 0.05) is 138 Å². The SMILES string of the molecule is CNc1cc(Nc2cccn([C@@H]3CCN(CCF)C3)c2=O)nc2c(C(=O)NC3CC[C@H]3OC)cnn12.CO[C@@H]1CCC1NC(=O)c1cnn2c(N(C)C(=O)OC(C)(C)C)cc(Nc3cccn([C@@H]4CCN(CCF)C4)c3=O)nc12.CO[C@H]1CCC1NC(=O)c1cnn2c(N(C)C(=O)OC(C)(C)C)cc(Cl)nc12.Cl.Nc1cccn([C@@H]2CCN(CCF)C2)c1=O. The Balaban J connectivity index is 0.000000168. The minimum absolute atomic E-state index is 0. The van der Waals surface area contributed by atoms with E-state index in [2.05, 4.69) is 62.1 Å². The summed E-state index contributed by atoms with van der Waals surface area (Å²) in [6.07, 6.45) is 15.9. The van der Waals surface area contributed by atoms with Crippen LogP contribution < -0.4 is 64.1 Å². The second kappa shape index (κ2) is 41.2. The fourth-order valence-corrected chi connectivity index (χ4v) is 15.6. The summed E-state index contributed by atoms with van der Waals surface area (Å²) in [6.45, 7) is 14.9. The van der Waals surface area contributed by atoms with Gasteiger partial charge in [0.2, 0.25) is 0 Å². The molecule has 0 aromatic carbocycles. The molecule has 3 aliphatic carbocycles. The summed E-state index contributed by atoms with van der Waals surface area (Å²) in [7, 11) is 9.69. The van der Waals surface area contributed by atoms with Crippen molar-refractivity contribution in [3.63, 3.8) is 0 Å². The lowest BCUT2D eigenvalue weighted by molar-refractivity contribution is 0.00731. The summed E-state index contributed by atoms with van der Waals surface area (Å²) in [5.74, 6) is 0.875. The number of halogens is 5. The number of hydrogen-bond acceptors (Lipinski definition) is 26. The third kappa shape index (κ3) is 22.0. The van der Waals surface area contributed by atoms with Crippen LogP contribution in [0.3, 0.4) is 0 Å². The lowest BCUT2D eigenvalue weighted by Gasteiger charge is -2.35. The van der Waals surface area contributed by atoms with Crippen LogP contribution in [0.4, 0.5) is 68.9 Å². The standard InChI is InChI=1S/C29H39FN8O5.C24H31FN8O3.C18H24ClN5O4.C11H16FN3O.ClH/c1-29(2,3)43-28(41)35(4)24-15-23(32-21-7-6-12-37(27(21)40)18-10-13-36(17-18)14-11-30)34-25-19(16-31-38(24)25)26(39)33-20-8-9-22(20)42-5;1-26-21-12-20(28-18-4-3-9-32(24(18)35)15-7-10-31(14-15)11-8-25)30-22-16(13-27-33(21)22)23(34)29-17-5-6-19(17)36-2;1-18(2,3)28-17(26)23(4)14-8-13(19)22-15-10(9-20-24(14)15)16(25)21-11-6-7-12(11)27-5;12-4-7-14-6-3-9(8-14)15-5-1-2-10(13)11(15)16;/h6-7,12,15-16,18,20,22H,8-11,13-14,17H2,1-5H3,(H,32,34)(H,33,39);3-4,9,12-13,15,17,19,26H,5-8,10-11,14H2,1-2H3,(H,28,30)(H,29,34);8-9,11-12H,6-7H2,1-5H3,(H,21,25);1-2,5,9H,3-4,6-8,13H2;1H/t18-,20?,22-;15-,17?,19-;11?,12-;9-;/m1101./s1. The number of nitrogens with zero attached hydrogens (tertiary/aromatic N) is 17. The van der Waals surface area contributed by atoms with Gasteiger partial charge in [-0.25, -0.2) is 37.7 Å². The van der Waals surface area contributed by atoms with E-state index >= 15 is 0 Å². The third-order valence-corrected chi connectivity index (χ3v) is 22.6. The van der Waals surface area contributed by atoms with Crippen molar-refractivity contribution in [2.75, 3.05) is 153 Å². The van der Waals surface area contributed by atoms with Gasteiger partial charge in [0.05, 0.1) is 78.8 Å². The van der Waals surface area contributed by atoms with Crippen molar-refractivity contribution >= 4 is 117 Å². The van der Waals surface area contributed by atoms with Crippen LogP contribution in [0.2, 0.25) is 5.15 Å². The summed E-state index contributed by atoms with van der Waals surface area (Å²) < 4.78 is 74.2. The van der Waals surface area contributed by atoms with Crippen LogP contribution >= 0.6 is 24.0 Å². The van der Waals surface area contributed by atoms with Gasteiger partial charge in [-0.05, 0) is 136 Å². The van der Waals surface area contributed by atoms with E-state index in [4.69, 9.17) is 41.0 Å². The number of pyridine rings is 3. The Labute approximate surface area is 725 Å². The number of likely N-dealkylation sites (tertiary alicyclic amines) is 3. The fourth-order valence-electron chi connectivity index (χ4n) is 15.4. The molecule has 15 rings (SSSR count). The van der Waals surface area contributed by atoms with E-state index in [9.17, 15) is 51.5 Å². The number of methoxy groups -OCH3 is 3. The third-order valence-electron chi connectivity index (χ3n) is 22.5. The zero-order valence-electron chi connectivity index (χ0n) is 71.6. The fraction of sp³-hybridized carbons (Fsp3) is 0.537. The van der Waals surface area contributed by atoms with Crippen LogP contribution in [0.15, 0.2) is 106 Å². The maximum atomic E-state index is 13.5. The molecule has 0 spiro atoms. The molecule has 42 heteroatoms. The topological polar surface area (TPSA) is 402 Å². The first kappa shape index (κ1) is 93.7. The Bertz CT molecular complexity index is 5440. The Morgan fingerprint density at radius 1 is 0.508 bits per heavy atom. The number of nitrogens with one attached hydrogen (secondary N) is 6. The number of hydrogen-bond donors (Lipinski definition) is 7.